The van der Waals surface area contributed by atoms with Crippen LogP contribution in [0, 0.1) is 5.41 Å². The second-order valence-electron chi connectivity index (χ2n) is 6.78. The third-order valence-electron chi connectivity index (χ3n) is 2.79. The van der Waals surface area contributed by atoms with Gasteiger partial charge in [-0.15, -0.1) is 0 Å². The van der Waals surface area contributed by atoms with Gasteiger partial charge in [-0.05, 0) is 11.8 Å². The van der Waals surface area contributed by atoms with Crippen molar-refractivity contribution in [1.82, 2.24) is 21.3 Å². The molecule has 0 aliphatic carbocycles. The van der Waals surface area contributed by atoms with Crippen LogP contribution in [-0.2, 0) is 9.59 Å². The van der Waals surface area contributed by atoms with E-state index in [2.05, 4.69) is 21.3 Å². The average molecular weight is 407 g/mol. The lowest BCUT2D eigenvalue weighted by atomic mass is 9.97. The van der Waals surface area contributed by atoms with Crippen LogP contribution in [0.1, 0.15) is 47.0 Å². The maximum absolute atomic E-state index is 11.6. The standard InChI is InChI=1S/C16H30N4O4S2/c1-5-6-7-12(21)19-14(23)17-8-9-25-26-10-13(22)20-15(24)18-11-16(2,3)4/h5-11H2,1-4H3,(H2,17,19,21,23)(H2,18,20,22,24). The number of hydrogen-bond acceptors (Lipinski definition) is 6. The second-order valence-corrected chi connectivity index (χ2v) is 9.37. The highest BCUT2D eigenvalue weighted by molar-refractivity contribution is 8.76. The zero-order valence-electron chi connectivity index (χ0n) is 15.9. The maximum Gasteiger partial charge on any atom is 0.321 e. The predicted molar refractivity (Wildman–Crippen MR) is 107 cm³/mol. The van der Waals surface area contributed by atoms with Crippen LogP contribution in [0.2, 0.25) is 0 Å². The van der Waals surface area contributed by atoms with E-state index in [0.29, 0.717) is 25.3 Å². The molecule has 0 aliphatic heterocycles. The fraction of sp³-hybridized carbons (Fsp3) is 0.750. The number of rotatable bonds is 10. The van der Waals surface area contributed by atoms with Crippen molar-refractivity contribution in [1.29, 1.82) is 0 Å². The van der Waals surface area contributed by atoms with Gasteiger partial charge in [0, 0.05) is 25.3 Å². The van der Waals surface area contributed by atoms with E-state index in [-0.39, 0.29) is 23.0 Å². The van der Waals surface area contributed by atoms with E-state index in [1.807, 2.05) is 27.7 Å². The van der Waals surface area contributed by atoms with E-state index in [0.717, 1.165) is 12.8 Å². The first-order chi connectivity index (χ1) is 12.1. The second kappa shape index (κ2) is 13.7. The topological polar surface area (TPSA) is 116 Å². The SMILES string of the molecule is CCCCC(=O)NC(=O)NCCSSCC(=O)NC(=O)NCC(C)(C)C. The normalized spacial score (nSPS) is 10.8. The number of amides is 6. The third kappa shape index (κ3) is 16.1. The van der Waals surface area contributed by atoms with Gasteiger partial charge in [0.05, 0.1) is 5.75 Å². The molecule has 0 aliphatic rings. The molecule has 4 N–H and O–H groups in total. The Hall–Kier alpha value is -1.42. The van der Waals surface area contributed by atoms with Gasteiger partial charge in [-0.2, -0.15) is 0 Å². The Bertz CT molecular complexity index is 481. The number of carbonyl (C=O) groups excluding carboxylic acids is 4. The molecule has 0 saturated heterocycles. The zero-order valence-corrected chi connectivity index (χ0v) is 17.5. The van der Waals surface area contributed by atoms with Gasteiger partial charge in [-0.1, -0.05) is 55.7 Å². The van der Waals surface area contributed by atoms with E-state index in [1.54, 1.807) is 0 Å². The summed E-state index contributed by atoms with van der Waals surface area (Å²) >= 11 is 0. The average Bonchev–Trinajstić information content (AvgIpc) is 2.53. The fourth-order valence-corrected chi connectivity index (χ4v) is 3.22. The van der Waals surface area contributed by atoms with Crippen LogP contribution in [0.25, 0.3) is 0 Å². The lowest BCUT2D eigenvalue weighted by molar-refractivity contribution is -0.120. The molecular weight excluding hydrogens is 376 g/mol. The number of unbranched alkanes of at least 4 members (excludes halogenated alkanes) is 1. The number of hydrogen-bond donors (Lipinski definition) is 4. The van der Waals surface area contributed by atoms with Crippen LogP contribution >= 0.6 is 21.6 Å². The summed E-state index contributed by atoms with van der Waals surface area (Å²) in [5.41, 5.74) is -0.0507. The molecule has 0 aromatic heterocycles. The Morgan fingerprint density at radius 3 is 2.12 bits per heavy atom. The number of imide groups is 2. The number of nitrogens with one attached hydrogen (secondary N) is 4. The van der Waals surface area contributed by atoms with E-state index >= 15 is 0 Å². The van der Waals surface area contributed by atoms with Crippen molar-refractivity contribution in [3.63, 3.8) is 0 Å². The summed E-state index contributed by atoms with van der Waals surface area (Å²) < 4.78 is 0. The summed E-state index contributed by atoms with van der Waals surface area (Å²) in [6, 6.07) is -1.01. The molecule has 26 heavy (non-hydrogen) atoms. The number of carbonyl (C=O) groups is 4. The van der Waals surface area contributed by atoms with Crippen LogP contribution in [0.5, 0.6) is 0 Å². The monoisotopic (exact) mass is 406 g/mol. The highest BCUT2D eigenvalue weighted by atomic mass is 33.1. The van der Waals surface area contributed by atoms with Crippen molar-refractivity contribution in [2.24, 2.45) is 5.41 Å². The Labute approximate surface area is 163 Å². The Morgan fingerprint density at radius 2 is 1.50 bits per heavy atom. The van der Waals surface area contributed by atoms with Gasteiger partial charge in [0.15, 0.2) is 0 Å². The van der Waals surface area contributed by atoms with Crippen molar-refractivity contribution in [2.45, 2.75) is 47.0 Å². The molecule has 0 rings (SSSR count). The van der Waals surface area contributed by atoms with Crippen LogP contribution < -0.4 is 21.3 Å². The minimum absolute atomic E-state index is 0.0507. The number of urea groups is 2. The molecule has 0 radical (unpaired) electrons. The molecule has 0 unspecified atom stereocenters. The summed E-state index contributed by atoms with van der Waals surface area (Å²) in [5, 5.41) is 9.72. The lowest BCUT2D eigenvalue weighted by Crippen LogP contribution is -2.43. The highest BCUT2D eigenvalue weighted by Crippen LogP contribution is 2.19. The van der Waals surface area contributed by atoms with Crippen molar-refractivity contribution >= 4 is 45.5 Å². The minimum atomic E-state index is -0.509. The fourth-order valence-electron chi connectivity index (χ4n) is 1.48. The summed E-state index contributed by atoms with van der Waals surface area (Å²) in [7, 11) is 2.69. The first-order valence-electron chi connectivity index (χ1n) is 8.54. The molecule has 8 nitrogen and oxygen atoms in total. The van der Waals surface area contributed by atoms with Gasteiger partial charge in [0.1, 0.15) is 0 Å². The van der Waals surface area contributed by atoms with E-state index in [4.69, 9.17) is 0 Å². The van der Waals surface area contributed by atoms with Gasteiger partial charge >= 0.3 is 12.1 Å². The zero-order chi connectivity index (χ0) is 20.0. The summed E-state index contributed by atoms with van der Waals surface area (Å²) in [4.78, 5) is 45.9. The van der Waals surface area contributed by atoms with Crippen LogP contribution in [-0.4, -0.2) is 48.5 Å². The molecule has 0 spiro atoms. The summed E-state index contributed by atoms with van der Waals surface area (Å²) in [5.74, 6) is 0.0500. The van der Waals surface area contributed by atoms with E-state index in [1.165, 1.54) is 21.6 Å². The third-order valence-corrected chi connectivity index (χ3v) is 5.06. The molecule has 0 heterocycles. The minimum Gasteiger partial charge on any atom is -0.337 e. The first-order valence-corrected chi connectivity index (χ1v) is 11.0. The Morgan fingerprint density at radius 1 is 0.885 bits per heavy atom. The Balaban J connectivity index is 3.65. The van der Waals surface area contributed by atoms with Gasteiger partial charge in [0.25, 0.3) is 0 Å². The molecule has 0 atom stereocenters. The smallest absolute Gasteiger partial charge is 0.321 e. The van der Waals surface area contributed by atoms with Gasteiger partial charge in [0.2, 0.25) is 11.8 Å². The molecule has 10 heteroatoms. The molecule has 0 aromatic carbocycles. The maximum atomic E-state index is 11.6. The van der Waals surface area contributed by atoms with Crippen molar-refractivity contribution in [3.8, 4) is 0 Å². The van der Waals surface area contributed by atoms with Gasteiger partial charge < -0.3 is 10.6 Å². The molecule has 0 aromatic rings. The van der Waals surface area contributed by atoms with Gasteiger partial charge in [-0.3, -0.25) is 20.2 Å². The van der Waals surface area contributed by atoms with Crippen molar-refractivity contribution < 1.29 is 19.2 Å². The van der Waals surface area contributed by atoms with Crippen LogP contribution in [0.4, 0.5) is 9.59 Å². The lowest BCUT2D eigenvalue weighted by Gasteiger charge is -2.18. The van der Waals surface area contributed by atoms with Gasteiger partial charge in [-0.25, -0.2) is 9.59 Å². The largest absolute Gasteiger partial charge is 0.337 e. The molecule has 0 saturated carbocycles. The molecule has 0 bridgehead atoms. The van der Waals surface area contributed by atoms with Crippen molar-refractivity contribution in [3.05, 3.63) is 0 Å². The molecular formula is C16H30N4O4S2. The summed E-state index contributed by atoms with van der Waals surface area (Å²) in [6.07, 6.45) is 1.99. The summed E-state index contributed by atoms with van der Waals surface area (Å²) in [6.45, 7) is 8.77. The molecule has 0 fully saturated rings. The van der Waals surface area contributed by atoms with E-state index < -0.39 is 12.1 Å². The van der Waals surface area contributed by atoms with Crippen LogP contribution in [0.3, 0.4) is 0 Å². The van der Waals surface area contributed by atoms with Crippen LogP contribution in [0.15, 0.2) is 0 Å². The quantitative estimate of drug-likeness (QED) is 0.327. The predicted octanol–water partition coefficient (Wildman–Crippen LogP) is 2.26. The molecule has 6 amide bonds. The van der Waals surface area contributed by atoms with E-state index in [9.17, 15) is 19.2 Å². The molecule has 150 valence electrons. The first kappa shape index (κ1) is 24.6. The Kier molecular flexibility index (Phi) is 13.0. The van der Waals surface area contributed by atoms with Crippen molar-refractivity contribution in [2.75, 3.05) is 24.6 Å². The highest BCUT2D eigenvalue weighted by Gasteiger charge is 2.13.